The molecule has 0 saturated carbocycles. The number of amides is 1. The fourth-order valence-corrected chi connectivity index (χ4v) is 2.35. The zero-order valence-corrected chi connectivity index (χ0v) is 13.8. The molecule has 0 saturated heterocycles. The maximum atomic E-state index is 12.0. The van der Waals surface area contributed by atoms with E-state index in [1.807, 2.05) is 84.9 Å². The second kappa shape index (κ2) is 8.55. The Kier molecular flexibility index (Phi) is 5.67. The van der Waals surface area contributed by atoms with Crippen molar-refractivity contribution < 1.29 is 9.53 Å². The van der Waals surface area contributed by atoms with Gasteiger partial charge in [0.1, 0.15) is 5.75 Å². The first-order valence-corrected chi connectivity index (χ1v) is 8.18. The highest BCUT2D eigenvalue weighted by molar-refractivity contribution is 5.81. The van der Waals surface area contributed by atoms with Crippen molar-refractivity contribution >= 4 is 11.6 Å². The van der Waals surface area contributed by atoms with E-state index in [1.165, 1.54) is 0 Å². The molecule has 0 aromatic heterocycles. The van der Waals surface area contributed by atoms with Gasteiger partial charge in [-0.25, -0.2) is 0 Å². The first-order valence-electron chi connectivity index (χ1n) is 8.18. The zero-order valence-electron chi connectivity index (χ0n) is 13.8. The van der Waals surface area contributed by atoms with E-state index in [9.17, 15) is 4.79 Å². The van der Waals surface area contributed by atoms with Gasteiger partial charge in [-0.05, 0) is 29.8 Å². The van der Waals surface area contributed by atoms with Gasteiger partial charge in [-0.3, -0.25) is 4.79 Å². The number of rotatable bonds is 7. The van der Waals surface area contributed by atoms with Crippen molar-refractivity contribution in [3.63, 3.8) is 0 Å². The predicted octanol–water partition coefficient (Wildman–Crippen LogP) is 4.21. The molecule has 4 nitrogen and oxygen atoms in total. The number of carbonyl (C=O) groups is 1. The molecule has 2 N–H and O–H groups in total. The van der Waals surface area contributed by atoms with Crippen molar-refractivity contribution in [1.29, 1.82) is 0 Å². The predicted molar refractivity (Wildman–Crippen MR) is 99.7 cm³/mol. The van der Waals surface area contributed by atoms with Crippen LogP contribution in [0.15, 0.2) is 84.9 Å². The van der Waals surface area contributed by atoms with Crippen LogP contribution in [0.25, 0.3) is 0 Å². The third kappa shape index (κ3) is 5.11. The summed E-state index contributed by atoms with van der Waals surface area (Å²) in [6.07, 6.45) is 0. The summed E-state index contributed by atoms with van der Waals surface area (Å²) in [5, 5.41) is 6.03. The summed E-state index contributed by atoms with van der Waals surface area (Å²) in [5.74, 6) is 1.37. The van der Waals surface area contributed by atoms with Crippen molar-refractivity contribution in [1.82, 2.24) is 5.32 Å². The molecule has 0 spiro atoms. The number of ether oxygens (including phenoxy) is 1. The smallest absolute Gasteiger partial charge is 0.239 e. The first-order chi connectivity index (χ1) is 12.3. The highest BCUT2D eigenvalue weighted by atomic mass is 16.5. The number of hydrogen-bond acceptors (Lipinski definition) is 3. The van der Waals surface area contributed by atoms with Crippen molar-refractivity contribution in [2.24, 2.45) is 0 Å². The van der Waals surface area contributed by atoms with Crippen LogP contribution in [0.1, 0.15) is 5.56 Å². The largest absolute Gasteiger partial charge is 0.455 e. The second-order valence-corrected chi connectivity index (χ2v) is 5.53. The molecule has 3 rings (SSSR count). The van der Waals surface area contributed by atoms with E-state index < -0.39 is 0 Å². The average molecular weight is 332 g/mol. The highest BCUT2D eigenvalue weighted by Crippen LogP contribution is 2.28. The van der Waals surface area contributed by atoms with Gasteiger partial charge in [0.2, 0.25) is 5.91 Å². The van der Waals surface area contributed by atoms with Crippen molar-refractivity contribution in [2.45, 2.75) is 6.54 Å². The Balaban J connectivity index is 1.55. The van der Waals surface area contributed by atoms with Gasteiger partial charge >= 0.3 is 0 Å². The zero-order chi connectivity index (χ0) is 17.3. The van der Waals surface area contributed by atoms with Crippen molar-refractivity contribution in [3.8, 4) is 11.5 Å². The van der Waals surface area contributed by atoms with Gasteiger partial charge in [0.15, 0.2) is 5.75 Å². The molecular formula is C21H20N2O2. The molecule has 0 unspecified atom stereocenters. The molecule has 0 radical (unpaired) electrons. The molecule has 3 aromatic rings. The summed E-state index contributed by atoms with van der Waals surface area (Å²) in [6, 6.07) is 27.0. The maximum Gasteiger partial charge on any atom is 0.239 e. The number of para-hydroxylation sites is 3. The summed E-state index contributed by atoms with van der Waals surface area (Å²) in [6.45, 7) is 0.700. The van der Waals surface area contributed by atoms with Crippen molar-refractivity contribution in [3.05, 3.63) is 90.5 Å². The molecule has 0 atom stereocenters. The first kappa shape index (κ1) is 16.6. The molecule has 1 amide bonds. The fraction of sp³-hybridized carbons (Fsp3) is 0.0952. The summed E-state index contributed by atoms with van der Waals surface area (Å²) in [7, 11) is 0. The Morgan fingerprint density at radius 3 is 2.20 bits per heavy atom. The van der Waals surface area contributed by atoms with E-state index in [4.69, 9.17) is 4.74 Å². The minimum atomic E-state index is -0.0710. The number of carbonyl (C=O) groups excluding carboxylic acids is 1. The number of nitrogens with one attached hydrogen (secondary N) is 2. The molecule has 0 bridgehead atoms. The third-order valence-electron chi connectivity index (χ3n) is 3.63. The van der Waals surface area contributed by atoms with Crippen LogP contribution in [-0.2, 0) is 11.3 Å². The van der Waals surface area contributed by atoms with Crippen LogP contribution in [0.5, 0.6) is 11.5 Å². The minimum absolute atomic E-state index is 0.0710. The van der Waals surface area contributed by atoms with Crippen LogP contribution >= 0.6 is 0 Å². The van der Waals surface area contributed by atoms with E-state index in [1.54, 1.807) is 0 Å². The molecule has 0 aliphatic rings. The van der Waals surface area contributed by atoms with Crippen molar-refractivity contribution in [2.75, 3.05) is 11.9 Å². The summed E-state index contributed by atoms with van der Waals surface area (Å²) < 4.78 is 5.88. The Morgan fingerprint density at radius 1 is 0.800 bits per heavy atom. The van der Waals surface area contributed by atoms with Gasteiger partial charge in [-0.15, -0.1) is 0 Å². The average Bonchev–Trinajstić information content (AvgIpc) is 2.67. The summed E-state index contributed by atoms with van der Waals surface area (Å²) in [4.78, 5) is 12.0. The third-order valence-corrected chi connectivity index (χ3v) is 3.63. The van der Waals surface area contributed by atoms with Crippen LogP contribution in [-0.4, -0.2) is 12.5 Å². The molecule has 126 valence electrons. The number of anilines is 1. The normalized spacial score (nSPS) is 10.1. The van der Waals surface area contributed by atoms with E-state index in [0.717, 1.165) is 17.0 Å². The summed E-state index contributed by atoms with van der Waals surface area (Å²) in [5.41, 5.74) is 1.85. The fourth-order valence-electron chi connectivity index (χ4n) is 2.35. The summed E-state index contributed by atoms with van der Waals surface area (Å²) >= 11 is 0. The molecular weight excluding hydrogens is 312 g/mol. The van der Waals surface area contributed by atoms with Gasteiger partial charge < -0.3 is 15.4 Å². The van der Waals surface area contributed by atoms with E-state index in [-0.39, 0.29) is 12.5 Å². The van der Waals surface area contributed by atoms with Gasteiger partial charge in [0, 0.05) is 6.54 Å². The van der Waals surface area contributed by atoms with Gasteiger partial charge in [0.05, 0.1) is 12.2 Å². The van der Waals surface area contributed by atoms with Gasteiger partial charge in [-0.1, -0.05) is 60.7 Å². The topological polar surface area (TPSA) is 50.4 Å². The minimum Gasteiger partial charge on any atom is -0.455 e. The SMILES string of the molecule is O=C(CNc1ccccc1Oc1ccccc1)NCc1ccccc1. The monoisotopic (exact) mass is 332 g/mol. The molecule has 3 aromatic carbocycles. The van der Waals surface area contributed by atoms with Crippen LogP contribution in [0.3, 0.4) is 0 Å². The van der Waals surface area contributed by atoms with E-state index >= 15 is 0 Å². The Labute approximate surface area is 147 Å². The van der Waals surface area contributed by atoms with Gasteiger partial charge in [0.25, 0.3) is 0 Å². The quantitative estimate of drug-likeness (QED) is 0.681. The molecule has 0 heterocycles. The van der Waals surface area contributed by atoms with Crippen LogP contribution < -0.4 is 15.4 Å². The Bertz CT molecular complexity index is 804. The maximum absolute atomic E-state index is 12.0. The lowest BCUT2D eigenvalue weighted by Gasteiger charge is -2.13. The van der Waals surface area contributed by atoms with Crippen LogP contribution in [0.2, 0.25) is 0 Å². The number of benzene rings is 3. The standard InChI is InChI=1S/C21H20N2O2/c24-21(23-15-17-9-3-1-4-10-17)16-22-19-13-7-8-14-20(19)25-18-11-5-2-6-12-18/h1-14,22H,15-16H2,(H,23,24). The van der Waals surface area contributed by atoms with Crippen LogP contribution in [0, 0.1) is 0 Å². The highest BCUT2D eigenvalue weighted by Gasteiger charge is 2.06. The molecule has 0 fully saturated rings. The second-order valence-electron chi connectivity index (χ2n) is 5.53. The Morgan fingerprint density at radius 2 is 1.44 bits per heavy atom. The molecule has 0 aliphatic carbocycles. The molecule has 0 aliphatic heterocycles. The molecule has 25 heavy (non-hydrogen) atoms. The Hall–Kier alpha value is -3.27. The lowest BCUT2D eigenvalue weighted by molar-refractivity contribution is -0.119. The lowest BCUT2D eigenvalue weighted by Crippen LogP contribution is -2.29. The molecule has 4 heteroatoms. The number of hydrogen-bond donors (Lipinski definition) is 2. The van der Waals surface area contributed by atoms with E-state index in [0.29, 0.717) is 12.3 Å². The lowest BCUT2D eigenvalue weighted by atomic mass is 10.2. The van der Waals surface area contributed by atoms with Gasteiger partial charge in [-0.2, -0.15) is 0 Å². The van der Waals surface area contributed by atoms with E-state index in [2.05, 4.69) is 10.6 Å². The van der Waals surface area contributed by atoms with Crippen LogP contribution in [0.4, 0.5) is 5.69 Å².